The van der Waals surface area contributed by atoms with Gasteiger partial charge < -0.3 is 5.32 Å². The molecule has 0 amide bonds. The predicted octanol–water partition coefficient (Wildman–Crippen LogP) is 3.80. The summed E-state index contributed by atoms with van der Waals surface area (Å²) < 4.78 is 0. The minimum Gasteiger partial charge on any atom is -0.365 e. The Morgan fingerprint density at radius 2 is 1.82 bits per heavy atom. The van der Waals surface area contributed by atoms with Crippen LogP contribution in [0.25, 0.3) is 10.9 Å². The Labute approximate surface area is 130 Å². The van der Waals surface area contributed by atoms with Gasteiger partial charge in [-0.05, 0) is 29.3 Å². The maximum Gasteiger partial charge on any atom is 0.269 e. The molecule has 1 N–H and O–H groups in total. The highest BCUT2D eigenvalue weighted by Gasteiger charge is 2.07. The Balaban J connectivity index is 1.83. The lowest BCUT2D eigenvalue weighted by Crippen LogP contribution is -2.03. The fraction of sp³-hybridized carbons (Fsp3) is 0.0667. The number of anilines is 1. The van der Waals surface area contributed by atoms with Crippen LogP contribution in [0.4, 0.5) is 11.5 Å². The second-order valence-corrected chi connectivity index (χ2v) is 4.97. The molecule has 0 fully saturated rings. The first-order chi connectivity index (χ1) is 10.6. The Kier molecular flexibility index (Phi) is 3.84. The van der Waals surface area contributed by atoms with Gasteiger partial charge in [0.1, 0.15) is 5.82 Å². The number of hydrogen-bond acceptors (Lipinski definition) is 5. The summed E-state index contributed by atoms with van der Waals surface area (Å²) in [6.07, 6.45) is 0. The van der Waals surface area contributed by atoms with Gasteiger partial charge in [0, 0.05) is 24.1 Å². The molecule has 0 spiro atoms. The fourth-order valence-electron chi connectivity index (χ4n) is 2.10. The van der Waals surface area contributed by atoms with Gasteiger partial charge in [-0.3, -0.25) is 10.1 Å². The minimum atomic E-state index is -0.422. The lowest BCUT2D eigenvalue weighted by Gasteiger charge is -2.09. The van der Waals surface area contributed by atoms with Crippen LogP contribution in [0.3, 0.4) is 0 Å². The number of fused-ring (bicyclic) bond motifs is 1. The molecule has 22 heavy (non-hydrogen) atoms. The van der Waals surface area contributed by atoms with Crippen molar-refractivity contribution in [2.75, 3.05) is 5.32 Å². The number of non-ortho nitro benzene ring substituents is 1. The Morgan fingerprint density at radius 1 is 1.09 bits per heavy atom. The summed E-state index contributed by atoms with van der Waals surface area (Å²) in [4.78, 5) is 18.6. The number of para-hydroxylation sites is 1. The van der Waals surface area contributed by atoms with Crippen LogP contribution in [0.1, 0.15) is 5.56 Å². The fourth-order valence-corrected chi connectivity index (χ4v) is 2.28. The second-order valence-electron chi connectivity index (χ2n) is 4.64. The molecule has 7 heteroatoms. The average Bonchev–Trinajstić information content (AvgIpc) is 2.52. The van der Waals surface area contributed by atoms with Crippen LogP contribution in [-0.2, 0) is 6.54 Å². The molecule has 0 saturated carbocycles. The summed E-state index contributed by atoms with van der Waals surface area (Å²) >= 11 is 5.92. The number of halogens is 1. The van der Waals surface area contributed by atoms with Gasteiger partial charge >= 0.3 is 0 Å². The van der Waals surface area contributed by atoms with E-state index in [0.29, 0.717) is 12.4 Å². The van der Waals surface area contributed by atoms with Crippen LogP contribution in [0.5, 0.6) is 0 Å². The monoisotopic (exact) mass is 314 g/mol. The number of nitrogens with zero attached hydrogens (tertiary/aromatic N) is 3. The van der Waals surface area contributed by atoms with E-state index >= 15 is 0 Å². The van der Waals surface area contributed by atoms with Crippen molar-refractivity contribution < 1.29 is 4.92 Å². The molecule has 0 saturated heterocycles. The molecular weight excluding hydrogens is 304 g/mol. The third kappa shape index (κ3) is 2.96. The van der Waals surface area contributed by atoms with Crippen LogP contribution in [-0.4, -0.2) is 14.9 Å². The van der Waals surface area contributed by atoms with Crippen LogP contribution < -0.4 is 5.32 Å². The van der Waals surface area contributed by atoms with E-state index in [1.165, 1.54) is 12.1 Å². The quantitative estimate of drug-likeness (QED) is 0.450. The molecule has 0 atom stereocenters. The maximum absolute atomic E-state index is 10.6. The summed E-state index contributed by atoms with van der Waals surface area (Å²) in [5.41, 5.74) is 1.73. The smallest absolute Gasteiger partial charge is 0.269 e. The lowest BCUT2D eigenvalue weighted by molar-refractivity contribution is -0.384. The first kappa shape index (κ1) is 14.2. The zero-order valence-electron chi connectivity index (χ0n) is 11.4. The minimum absolute atomic E-state index is 0.0688. The molecule has 6 nitrogen and oxygen atoms in total. The first-order valence-corrected chi connectivity index (χ1v) is 6.91. The molecule has 110 valence electrons. The maximum atomic E-state index is 10.6. The van der Waals surface area contributed by atoms with Crippen molar-refractivity contribution in [2.24, 2.45) is 0 Å². The molecule has 0 radical (unpaired) electrons. The van der Waals surface area contributed by atoms with Crippen molar-refractivity contribution >= 4 is 34.0 Å². The van der Waals surface area contributed by atoms with E-state index in [1.807, 2.05) is 24.3 Å². The van der Waals surface area contributed by atoms with E-state index in [0.717, 1.165) is 16.5 Å². The molecule has 0 aliphatic heterocycles. The van der Waals surface area contributed by atoms with Gasteiger partial charge in [-0.25, -0.2) is 9.97 Å². The third-order valence-electron chi connectivity index (χ3n) is 3.18. The average molecular weight is 315 g/mol. The predicted molar refractivity (Wildman–Crippen MR) is 85.0 cm³/mol. The van der Waals surface area contributed by atoms with Gasteiger partial charge in [0.2, 0.25) is 5.28 Å². The standard InChI is InChI=1S/C15H11ClN4O2/c16-15-18-13-4-2-1-3-12(13)14(19-15)17-9-10-5-7-11(8-6-10)20(21)22/h1-8H,9H2,(H,17,18,19). The Morgan fingerprint density at radius 3 is 2.55 bits per heavy atom. The molecule has 0 bridgehead atoms. The van der Waals surface area contributed by atoms with Crippen LogP contribution >= 0.6 is 11.6 Å². The number of nitrogens with one attached hydrogen (secondary N) is 1. The van der Waals surface area contributed by atoms with E-state index < -0.39 is 4.92 Å². The second kappa shape index (κ2) is 5.95. The van der Waals surface area contributed by atoms with Gasteiger partial charge in [-0.2, -0.15) is 0 Å². The highest BCUT2D eigenvalue weighted by atomic mass is 35.5. The number of benzene rings is 2. The Bertz CT molecular complexity index is 837. The SMILES string of the molecule is O=[N+]([O-])c1ccc(CNc2nc(Cl)nc3ccccc23)cc1. The van der Waals surface area contributed by atoms with E-state index in [-0.39, 0.29) is 11.0 Å². The normalized spacial score (nSPS) is 10.6. The van der Waals surface area contributed by atoms with E-state index in [2.05, 4.69) is 15.3 Å². The highest BCUT2D eigenvalue weighted by Crippen LogP contribution is 2.22. The third-order valence-corrected chi connectivity index (χ3v) is 3.35. The topological polar surface area (TPSA) is 81.0 Å². The van der Waals surface area contributed by atoms with Gasteiger partial charge in [0.25, 0.3) is 5.69 Å². The number of nitro benzene ring substituents is 1. The Hall–Kier alpha value is -2.73. The molecule has 3 aromatic rings. The molecule has 0 unspecified atom stereocenters. The van der Waals surface area contributed by atoms with E-state index in [1.54, 1.807) is 12.1 Å². The summed E-state index contributed by atoms with van der Waals surface area (Å²) in [7, 11) is 0. The van der Waals surface area contributed by atoms with E-state index in [4.69, 9.17) is 11.6 Å². The number of hydrogen-bond donors (Lipinski definition) is 1. The number of aromatic nitrogens is 2. The van der Waals surface area contributed by atoms with Gasteiger partial charge in [-0.1, -0.05) is 24.3 Å². The van der Waals surface area contributed by atoms with Crippen LogP contribution in [0, 0.1) is 10.1 Å². The summed E-state index contributed by atoms with van der Waals surface area (Å²) in [5, 5.41) is 14.9. The summed E-state index contributed by atoms with van der Waals surface area (Å²) in [6.45, 7) is 0.481. The molecule has 0 aliphatic rings. The van der Waals surface area contributed by atoms with Gasteiger partial charge in [0.15, 0.2) is 0 Å². The summed E-state index contributed by atoms with van der Waals surface area (Å²) in [5.74, 6) is 0.633. The lowest BCUT2D eigenvalue weighted by atomic mass is 10.2. The van der Waals surface area contributed by atoms with Crippen molar-refractivity contribution in [1.29, 1.82) is 0 Å². The van der Waals surface area contributed by atoms with Crippen molar-refractivity contribution in [3.05, 3.63) is 69.5 Å². The largest absolute Gasteiger partial charge is 0.365 e. The molecule has 1 heterocycles. The van der Waals surface area contributed by atoms with Crippen molar-refractivity contribution in [1.82, 2.24) is 9.97 Å². The summed E-state index contributed by atoms with van der Waals surface area (Å²) in [6, 6.07) is 13.9. The van der Waals surface area contributed by atoms with E-state index in [9.17, 15) is 10.1 Å². The van der Waals surface area contributed by atoms with Crippen molar-refractivity contribution in [3.63, 3.8) is 0 Å². The van der Waals surface area contributed by atoms with Crippen LogP contribution in [0.15, 0.2) is 48.5 Å². The highest BCUT2D eigenvalue weighted by molar-refractivity contribution is 6.28. The molecular formula is C15H11ClN4O2. The number of nitro groups is 1. The molecule has 2 aromatic carbocycles. The zero-order chi connectivity index (χ0) is 15.5. The van der Waals surface area contributed by atoms with Crippen LogP contribution in [0.2, 0.25) is 5.28 Å². The first-order valence-electron chi connectivity index (χ1n) is 6.53. The van der Waals surface area contributed by atoms with Crippen molar-refractivity contribution in [2.45, 2.75) is 6.54 Å². The molecule has 0 aliphatic carbocycles. The van der Waals surface area contributed by atoms with Crippen molar-refractivity contribution in [3.8, 4) is 0 Å². The van der Waals surface area contributed by atoms with Gasteiger partial charge in [-0.15, -0.1) is 0 Å². The zero-order valence-corrected chi connectivity index (χ0v) is 12.1. The molecule has 1 aromatic heterocycles. The van der Waals surface area contributed by atoms with Gasteiger partial charge in [0.05, 0.1) is 10.4 Å². The number of rotatable bonds is 4. The molecule has 3 rings (SSSR count).